The molecule has 32 heavy (non-hydrogen) atoms. The first-order chi connectivity index (χ1) is 15.6. The van der Waals surface area contributed by atoms with Crippen molar-refractivity contribution < 1.29 is 9.21 Å². The van der Waals surface area contributed by atoms with Crippen LogP contribution >= 0.6 is 9.24 Å². The zero-order valence-electron chi connectivity index (χ0n) is 17.7. The molecule has 3 atom stereocenters. The van der Waals surface area contributed by atoms with E-state index in [1.165, 1.54) is 5.56 Å². The van der Waals surface area contributed by atoms with E-state index in [2.05, 4.69) is 48.5 Å². The summed E-state index contributed by atoms with van der Waals surface area (Å²) in [5.41, 5.74) is 5.07. The van der Waals surface area contributed by atoms with Gasteiger partial charge in [-0.15, -0.1) is 19.4 Å². The Labute approximate surface area is 186 Å². The zero-order valence-corrected chi connectivity index (χ0v) is 18.9. The highest BCUT2D eigenvalue weighted by molar-refractivity contribution is 7.17. The number of H-pyrrole nitrogens is 1. The van der Waals surface area contributed by atoms with Crippen LogP contribution in [0.4, 0.5) is 0 Å². The molecule has 9 nitrogen and oxygen atoms in total. The lowest BCUT2D eigenvalue weighted by molar-refractivity contribution is 0.0642. The van der Waals surface area contributed by atoms with Gasteiger partial charge in [-0.25, -0.2) is 9.50 Å². The molecule has 1 N–H and O–H groups in total. The predicted octanol–water partition coefficient (Wildman–Crippen LogP) is 3.43. The molecule has 1 aliphatic carbocycles. The van der Waals surface area contributed by atoms with Crippen molar-refractivity contribution in [2.24, 2.45) is 0 Å². The Hall–Kier alpha value is -3.06. The second-order valence-corrected chi connectivity index (χ2v) is 9.64. The molecule has 0 spiro atoms. The summed E-state index contributed by atoms with van der Waals surface area (Å²) < 4.78 is 7.67. The summed E-state index contributed by atoms with van der Waals surface area (Å²) in [7, 11) is 2.83. The number of carbonyl (C=O) groups excluding carboxylic acids is 1. The fourth-order valence-corrected chi connectivity index (χ4v) is 4.92. The van der Waals surface area contributed by atoms with Crippen molar-refractivity contribution in [2.75, 3.05) is 6.54 Å². The lowest BCUT2D eigenvalue weighted by Gasteiger charge is -2.32. The van der Waals surface area contributed by atoms with Crippen LogP contribution in [0, 0.1) is 0 Å². The summed E-state index contributed by atoms with van der Waals surface area (Å²) in [6.07, 6.45) is 7.53. The fourth-order valence-electron chi connectivity index (χ4n) is 4.63. The van der Waals surface area contributed by atoms with E-state index in [0.29, 0.717) is 18.9 Å². The average molecular weight is 449 g/mol. The first kappa shape index (κ1) is 19.6. The number of nitrogens with zero attached hydrogens (tertiary/aromatic N) is 6. The van der Waals surface area contributed by atoms with Gasteiger partial charge in [0.2, 0.25) is 5.89 Å². The van der Waals surface area contributed by atoms with Crippen molar-refractivity contribution in [3.05, 3.63) is 65.1 Å². The third-order valence-electron chi connectivity index (χ3n) is 6.59. The van der Waals surface area contributed by atoms with Crippen LogP contribution in [-0.4, -0.2) is 47.1 Å². The van der Waals surface area contributed by atoms with E-state index in [4.69, 9.17) is 9.52 Å². The maximum absolute atomic E-state index is 13.5. The number of nitrogens with one attached hydrogen (secondary N) is 1. The van der Waals surface area contributed by atoms with Gasteiger partial charge in [0.25, 0.3) is 0 Å². The number of aromatic amines is 1. The molecular weight excluding hydrogens is 425 g/mol. The smallest absolute Gasteiger partial charge is 0.312 e. The van der Waals surface area contributed by atoms with E-state index in [0.717, 1.165) is 41.9 Å². The molecule has 0 aromatic carbocycles. The van der Waals surface area contributed by atoms with E-state index >= 15 is 0 Å². The minimum Gasteiger partial charge on any atom is -0.417 e. The molecule has 1 saturated carbocycles. The summed E-state index contributed by atoms with van der Waals surface area (Å²) in [4.78, 5) is 23.0. The van der Waals surface area contributed by atoms with Gasteiger partial charge < -0.3 is 14.3 Å². The van der Waals surface area contributed by atoms with Gasteiger partial charge in [-0.3, -0.25) is 4.79 Å². The average Bonchev–Trinajstić information content (AvgIpc) is 3.49. The van der Waals surface area contributed by atoms with Gasteiger partial charge in [0, 0.05) is 30.8 Å². The summed E-state index contributed by atoms with van der Waals surface area (Å²) >= 11 is 0. The van der Waals surface area contributed by atoms with Crippen LogP contribution in [0.15, 0.2) is 35.1 Å². The van der Waals surface area contributed by atoms with Gasteiger partial charge in [0.05, 0.1) is 23.2 Å². The number of hydrogen-bond acceptors (Lipinski definition) is 6. The highest BCUT2D eigenvalue weighted by atomic mass is 31.0. The van der Waals surface area contributed by atoms with E-state index in [1.807, 2.05) is 16.8 Å². The van der Waals surface area contributed by atoms with Crippen LogP contribution in [0.1, 0.15) is 83.0 Å². The van der Waals surface area contributed by atoms with Crippen molar-refractivity contribution in [1.29, 1.82) is 0 Å². The molecule has 2 unspecified atom stereocenters. The standard InChI is InChI=1S/C22H24N7O2P/c1-12(32)14-6-3-8-29-17(14)10-16(27-29)19-18-15(23-11-24-18)7-9-28(19)22(30)21-26-25-20(31-21)13-4-2-5-13/h3,6,8,10-13,19H,2,4-5,7,9,32H2,1H3,(H,23,24)/t12?,19-/m0/s1. The highest BCUT2D eigenvalue weighted by Gasteiger charge is 2.38. The Bertz CT molecular complexity index is 1300. The van der Waals surface area contributed by atoms with Gasteiger partial charge in [-0.2, -0.15) is 5.10 Å². The summed E-state index contributed by atoms with van der Waals surface area (Å²) in [5, 5.41) is 13.1. The van der Waals surface area contributed by atoms with Crippen LogP contribution < -0.4 is 0 Å². The van der Waals surface area contributed by atoms with E-state index in [-0.39, 0.29) is 23.4 Å². The van der Waals surface area contributed by atoms with Crippen LogP contribution in [0.2, 0.25) is 0 Å². The number of fused-ring (bicyclic) bond motifs is 2. The van der Waals surface area contributed by atoms with E-state index in [1.54, 1.807) is 11.2 Å². The fraction of sp³-hybridized carbons (Fsp3) is 0.409. The number of imidazole rings is 1. The van der Waals surface area contributed by atoms with Crippen molar-refractivity contribution in [3.63, 3.8) is 0 Å². The molecule has 0 radical (unpaired) electrons. The van der Waals surface area contributed by atoms with E-state index in [9.17, 15) is 4.79 Å². The molecular formula is C22H24N7O2P. The largest absolute Gasteiger partial charge is 0.417 e. The van der Waals surface area contributed by atoms with Crippen molar-refractivity contribution in [2.45, 2.75) is 50.2 Å². The maximum atomic E-state index is 13.5. The van der Waals surface area contributed by atoms with Crippen molar-refractivity contribution in [1.82, 2.24) is 34.7 Å². The lowest BCUT2D eigenvalue weighted by Crippen LogP contribution is -2.41. The molecule has 10 heteroatoms. The van der Waals surface area contributed by atoms with Gasteiger partial charge in [-0.1, -0.05) is 19.4 Å². The normalized spacial score (nSPS) is 19.7. The number of rotatable bonds is 4. The second kappa shape index (κ2) is 7.52. The molecule has 2 aliphatic rings. The van der Waals surface area contributed by atoms with Gasteiger partial charge in [0.15, 0.2) is 0 Å². The molecule has 164 valence electrons. The first-order valence-corrected chi connectivity index (χ1v) is 11.7. The summed E-state index contributed by atoms with van der Waals surface area (Å²) in [5.74, 6) is 0.614. The van der Waals surface area contributed by atoms with Crippen molar-refractivity contribution in [3.8, 4) is 0 Å². The number of carbonyl (C=O) groups is 1. The number of hydrogen-bond donors (Lipinski definition) is 1. The Kier molecular flexibility index (Phi) is 4.61. The molecule has 1 fully saturated rings. The number of pyridine rings is 1. The van der Waals surface area contributed by atoms with E-state index < -0.39 is 6.04 Å². The van der Waals surface area contributed by atoms with Crippen molar-refractivity contribution >= 4 is 20.7 Å². The minimum absolute atomic E-state index is 0.0407. The monoisotopic (exact) mass is 449 g/mol. The Balaban J connectivity index is 1.42. The molecule has 4 aromatic rings. The molecule has 1 amide bonds. The molecule has 4 aromatic heterocycles. The quantitative estimate of drug-likeness (QED) is 0.479. The van der Waals surface area contributed by atoms with Gasteiger partial charge >= 0.3 is 11.8 Å². The Morgan fingerprint density at radius 3 is 3.00 bits per heavy atom. The highest BCUT2D eigenvalue weighted by Crippen LogP contribution is 2.37. The summed E-state index contributed by atoms with van der Waals surface area (Å²) in [6.45, 7) is 2.64. The van der Waals surface area contributed by atoms with Gasteiger partial charge in [-0.05, 0) is 36.2 Å². The summed E-state index contributed by atoms with van der Waals surface area (Å²) in [6, 6.07) is 5.72. The van der Waals surface area contributed by atoms with Gasteiger partial charge in [0.1, 0.15) is 6.04 Å². The van der Waals surface area contributed by atoms with Crippen LogP contribution in [0.25, 0.3) is 5.52 Å². The SMILES string of the molecule is CC(P)c1cccn2nc([C@H]3c4nc[nH]c4CCN3C(=O)c3nnc(C4CCC4)o3)cc12. The topological polar surface area (TPSA) is 105 Å². The molecule has 0 saturated heterocycles. The lowest BCUT2D eigenvalue weighted by atomic mass is 9.85. The second-order valence-electron chi connectivity index (χ2n) is 8.64. The molecule has 5 heterocycles. The number of amides is 1. The third kappa shape index (κ3) is 3.06. The molecule has 1 aliphatic heterocycles. The Morgan fingerprint density at radius 1 is 1.34 bits per heavy atom. The van der Waals surface area contributed by atoms with Crippen LogP contribution in [0.3, 0.4) is 0 Å². The zero-order chi connectivity index (χ0) is 21.8. The first-order valence-electron chi connectivity index (χ1n) is 11.0. The number of aromatic nitrogens is 6. The maximum Gasteiger partial charge on any atom is 0.312 e. The van der Waals surface area contributed by atoms with Crippen LogP contribution in [0.5, 0.6) is 0 Å². The predicted molar refractivity (Wildman–Crippen MR) is 119 cm³/mol. The third-order valence-corrected chi connectivity index (χ3v) is 6.95. The van der Waals surface area contributed by atoms with Crippen LogP contribution in [-0.2, 0) is 6.42 Å². The molecule has 6 rings (SSSR count). The minimum atomic E-state index is -0.427. The molecule has 0 bridgehead atoms. The Morgan fingerprint density at radius 2 is 2.22 bits per heavy atom.